The maximum atomic E-state index is 13.5. The Bertz CT molecular complexity index is 1450. The van der Waals surface area contributed by atoms with Gasteiger partial charge in [-0.1, -0.05) is 12.0 Å². The molecule has 0 bridgehead atoms. The number of anilines is 2. The number of halogens is 3. The molecule has 2 aromatic carbocycles. The van der Waals surface area contributed by atoms with Crippen LogP contribution in [0.3, 0.4) is 0 Å². The van der Waals surface area contributed by atoms with Crippen molar-refractivity contribution in [2.75, 3.05) is 44.4 Å². The fourth-order valence-corrected chi connectivity index (χ4v) is 4.61. The highest BCUT2D eigenvalue weighted by Crippen LogP contribution is 2.30. The number of hydrogen-bond acceptors (Lipinski definition) is 5. The maximum Gasteiger partial charge on any atom is 0.406 e. The fourth-order valence-electron chi connectivity index (χ4n) is 4.61. The average molecular weight is 557 g/mol. The van der Waals surface area contributed by atoms with Crippen molar-refractivity contribution in [3.8, 4) is 17.6 Å². The minimum absolute atomic E-state index is 0.0322. The molecule has 1 aliphatic heterocycles. The van der Waals surface area contributed by atoms with Crippen LogP contribution in [-0.2, 0) is 6.54 Å². The maximum absolute atomic E-state index is 13.5. The molecule has 2 heterocycles. The van der Waals surface area contributed by atoms with E-state index < -0.39 is 24.7 Å². The van der Waals surface area contributed by atoms with E-state index in [1.807, 2.05) is 7.05 Å². The van der Waals surface area contributed by atoms with E-state index in [1.54, 1.807) is 30.3 Å². The van der Waals surface area contributed by atoms with Gasteiger partial charge >= 0.3 is 12.2 Å². The van der Waals surface area contributed by atoms with Crippen LogP contribution in [0.25, 0.3) is 10.9 Å². The summed E-state index contributed by atoms with van der Waals surface area (Å²) >= 11 is 0. The lowest BCUT2D eigenvalue weighted by molar-refractivity contribution is -0.140. The number of hydrogen-bond donors (Lipinski definition) is 4. The molecule has 5 N–H and O–H groups in total. The van der Waals surface area contributed by atoms with Gasteiger partial charge in [-0.3, -0.25) is 4.79 Å². The Labute approximate surface area is 229 Å². The standard InChI is InChI=1S/C28H31F3N6O3/c1-36-13-10-19(11-14-36)34-27(39)35-22-6-3-7-24-21(22)16-20(37(24)17-28(29,30)31)5-4-12-33-23-9-8-18(26(32)38)15-25(23)40-2/h3,6-9,15-16,19,33H,10-14,17H2,1-2H3,(H2,32,38)(H2,34,35,39). The zero-order chi connectivity index (χ0) is 28.9. The van der Waals surface area contributed by atoms with Crippen molar-refractivity contribution in [3.05, 3.63) is 53.7 Å². The first-order chi connectivity index (χ1) is 19.0. The van der Waals surface area contributed by atoms with Gasteiger partial charge in [0.25, 0.3) is 0 Å². The number of amides is 3. The number of carbonyl (C=O) groups is 2. The van der Waals surface area contributed by atoms with E-state index >= 15 is 0 Å². The molecule has 0 radical (unpaired) electrons. The summed E-state index contributed by atoms with van der Waals surface area (Å²) in [6.07, 6.45) is -2.83. The van der Waals surface area contributed by atoms with Crippen molar-refractivity contribution in [3.63, 3.8) is 0 Å². The van der Waals surface area contributed by atoms with E-state index in [0.29, 0.717) is 28.0 Å². The Kier molecular flexibility index (Phi) is 8.74. The van der Waals surface area contributed by atoms with Crippen molar-refractivity contribution in [2.24, 2.45) is 5.73 Å². The number of aromatic nitrogens is 1. The summed E-state index contributed by atoms with van der Waals surface area (Å²) in [5.74, 6) is 5.43. The summed E-state index contributed by atoms with van der Waals surface area (Å²) in [6.45, 7) is 0.609. The second-order valence-corrected chi connectivity index (χ2v) is 9.58. The highest BCUT2D eigenvalue weighted by atomic mass is 19.4. The third-order valence-electron chi connectivity index (χ3n) is 6.65. The molecule has 0 spiro atoms. The van der Waals surface area contributed by atoms with Gasteiger partial charge in [0, 0.05) is 17.0 Å². The predicted octanol–water partition coefficient (Wildman–Crippen LogP) is 3.99. The van der Waals surface area contributed by atoms with Gasteiger partial charge in [-0.2, -0.15) is 13.2 Å². The van der Waals surface area contributed by atoms with Crippen LogP contribution in [0.4, 0.5) is 29.3 Å². The molecule has 3 aromatic rings. The van der Waals surface area contributed by atoms with Crippen LogP contribution in [0.15, 0.2) is 42.5 Å². The van der Waals surface area contributed by atoms with Gasteiger partial charge in [-0.25, -0.2) is 4.79 Å². The third kappa shape index (κ3) is 7.18. The average Bonchev–Trinajstić information content (AvgIpc) is 3.24. The number of nitrogens with two attached hydrogens (primary N) is 1. The summed E-state index contributed by atoms with van der Waals surface area (Å²) in [5, 5.41) is 9.23. The van der Waals surface area contributed by atoms with Crippen LogP contribution >= 0.6 is 0 Å². The number of primary amides is 1. The highest BCUT2D eigenvalue weighted by Gasteiger charge is 2.30. The lowest BCUT2D eigenvalue weighted by atomic mass is 10.1. The lowest BCUT2D eigenvalue weighted by Crippen LogP contribution is -2.44. The van der Waals surface area contributed by atoms with Crippen molar-refractivity contribution in [1.82, 2.24) is 14.8 Å². The first-order valence-corrected chi connectivity index (χ1v) is 12.7. The van der Waals surface area contributed by atoms with Gasteiger partial charge < -0.3 is 35.9 Å². The Morgan fingerprint density at radius 3 is 2.55 bits per heavy atom. The van der Waals surface area contributed by atoms with Crippen LogP contribution in [0.1, 0.15) is 28.9 Å². The lowest BCUT2D eigenvalue weighted by Gasteiger charge is -2.29. The number of piperidine rings is 1. The number of nitrogens with zero attached hydrogens (tertiary/aromatic N) is 2. The molecular formula is C28H31F3N6O3. The van der Waals surface area contributed by atoms with Crippen molar-refractivity contribution >= 4 is 34.2 Å². The van der Waals surface area contributed by atoms with E-state index in [9.17, 15) is 22.8 Å². The number of urea groups is 1. The SMILES string of the molecule is COc1cc(C(N)=O)ccc1NCC#Cc1cc2c(NC(=O)NC3CCN(C)CC3)cccc2n1CC(F)(F)F. The summed E-state index contributed by atoms with van der Waals surface area (Å²) in [4.78, 5) is 26.3. The number of fused-ring (bicyclic) bond motifs is 1. The Morgan fingerprint density at radius 1 is 1.12 bits per heavy atom. The first kappa shape index (κ1) is 28.6. The van der Waals surface area contributed by atoms with Gasteiger partial charge in [0.15, 0.2) is 0 Å². The highest BCUT2D eigenvalue weighted by molar-refractivity contribution is 6.01. The monoisotopic (exact) mass is 556 g/mol. The van der Waals surface area contributed by atoms with Crippen molar-refractivity contribution in [2.45, 2.75) is 31.6 Å². The number of methoxy groups -OCH3 is 1. The molecule has 1 aromatic heterocycles. The number of carbonyl (C=O) groups excluding carboxylic acids is 2. The number of ether oxygens (including phenoxy) is 1. The van der Waals surface area contributed by atoms with Crippen LogP contribution in [0, 0.1) is 11.8 Å². The number of rotatable bonds is 7. The van der Waals surface area contributed by atoms with Crippen LogP contribution in [0.5, 0.6) is 5.75 Å². The number of nitrogens with one attached hydrogen (secondary N) is 3. The van der Waals surface area contributed by atoms with E-state index in [4.69, 9.17) is 10.5 Å². The molecule has 3 amide bonds. The molecule has 40 heavy (non-hydrogen) atoms. The second-order valence-electron chi connectivity index (χ2n) is 9.58. The predicted molar refractivity (Wildman–Crippen MR) is 148 cm³/mol. The quantitative estimate of drug-likeness (QED) is 0.329. The molecule has 0 atom stereocenters. The Morgan fingerprint density at radius 2 is 1.88 bits per heavy atom. The normalized spacial score (nSPS) is 14.3. The van der Waals surface area contributed by atoms with Crippen LogP contribution in [-0.4, -0.2) is 67.4 Å². The molecule has 1 fully saturated rings. The molecule has 0 aliphatic carbocycles. The molecule has 0 unspecified atom stereocenters. The van der Waals surface area contributed by atoms with Gasteiger partial charge in [0.2, 0.25) is 5.91 Å². The smallest absolute Gasteiger partial charge is 0.406 e. The summed E-state index contributed by atoms with van der Waals surface area (Å²) < 4.78 is 46.9. The molecule has 1 saturated heterocycles. The summed E-state index contributed by atoms with van der Waals surface area (Å²) in [7, 11) is 3.46. The van der Waals surface area contributed by atoms with E-state index in [1.165, 1.54) is 19.2 Å². The molecule has 12 heteroatoms. The third-order valence-corrected chi connectivity index (χ3v) is 6.65. The van der Waals surface area contributed by atoms with Crippen LogP contribution < -0.4 is 26.4 Å². The van der Waals surface area contributed by atoms with Crippen molar-refractivity contribution < 1.29 is 27.5 Å². The number of alkyl halides is 3. The van der Waals surface area contributed by atoms with Crippen LogP contribution in [0.2, 0.25) is 0 Å². The van der Waals surface area contributed by atoms with E-state index in [2.05, 4.69) is 32.7 Å². The summed E-state index contributed by atoms with van der Waals surface area (Å²) in [6, 6.07) is 10.6. The number of benzene rings is 2. The van der Waals surface area contributed by atoms with Crippen molar-refractivity contribution in [1.29, 1.82) is 0 Å². The van der Waals surface area contributed by atoms with Gasteiger partial charge in [-0.05, 0) is 75.3 Å². The zero-order valence-corrected chi connectivity index (χ0v) is 22.2. The molecule has 1 aliphatic rings. The van der Waals surface area contributed by atoms with E-state index in [0.717, 1.165) is 30.5 Å². The minimum Gasteiger partial charge on any atom is -0.495 e. The first-order valence-electron chi connectivity index (χ1n) is 12.7. The summed E-state index contributed by atoms with van der Waals surface area (Å²) in [5.41, 5.74) is 6.96. The Hall–Kier alpha value is -4.37. The van der Waals surface area contributed by atoms with Gasteiger partial charge in [0.1, 0.15) is 12.3 Å². The number of likely N-dealkylation sites (tertiary alicyclic amines) is 1. The largest absolute Gasteiger partial charge is 0.495 e. The minimum atomic E-state index is -4.48. The Balaban J connectivity index is 1.55. The molecule has 4 rings (SSSR count). The van der Waals surface area contributed by atoms with Gasteiger partial charge in [-0.15, -0.1) is 0 Å². The molecular weight excluding hydrogens is 525 g/mol. The molecule has 9 nitrogen and oxygen atoms in total. The zero-order valence-electron chi connectivity index (χ0n) is 22.2. The second kappa shape index (κ2) is 12.2. The molecule has 212 valence electrons. The van der Waals surface area contributed by atoms with Gasteiger partial charge in [0.05, 0.1) is 36.2 Å². The molecule has 0 saturated carbocycles. The topological polar surface area (TPSA) is 114 Å². The van der Waals surface area contributed by atoms with E-state index in [-0.39, 0.29) is 23.8 Å². The fraction of sp³-hybridized carbons (Fsp3) is 0.357.